The molecule has 0 spiro atoms. The first-order valence-corrected chi connectivity index (χ1v) is 8.92. The highest BCUT2D eigenvalue weighted by Gasteiger charge is 2.12. The lowest BCUT2D eigenvalue weighted by atomic mass is 10.2. The van der Waals surface area contributed by atoms with Crippen LogP contribution in [0.15, 0.2) is 36.4 Å². The van der Waals surface area contributed by atoms with Crippen molar-refractivity contribution < 1.29 is 14.3 Å². The van der Waals surface area contributed by atoms with Crippen LogP contribution in [0.5, 0.6) is 5.75 Å². The van der Waals surface area contributed by atoms with Crippen LogP contribution in [0.2, 0.25) is 10.0 Å². The third kappa shape index (κ3) is 6.43. The smallest absolute Gasteiger partial charge is 0.238 e. The van der Waals surface area contributed by atoms with Gasteiger partial charge < -0.3 is 15.4 Å². The summed E-state index contributed by atoms with van der Waals surface area (Å²) in [7, 11) is 3.34. The molecule has 8 heteroatoms. The number of likely N-dealkylation sites (N-methyl/N-ethyl adjacent to an activating group) is 1. The van der Waals surface area contributed by atoms with Crippen molar-refractivity contribution in [2.45, 2.75) is 13.5 Å². The van der Waals surface area contributed by atoms with Gasteiger partial charge in [-0.05, 0) is 42.9 Å². The fourth-order valence-electron chi connectivity index (χ4n) is 2.53. The van der Waals surface area contributed by atoms with E-state index in [9.17, 15) is 9.59 Å². The molecule has 0 heterocycles. The van der Waals surface area contributed by atoms with E-state index in [2.05, 4.69) is 10.6 Å². The van der Waals surface area contributed by atoms with Crippen LogP contribution < -0.4 is 15.4 Å². The molecule has 6 nitrogen and oxygen atoms in total. The Balaban J connectivity index is 2.01. The quantitative estimate of drug-likeness (QED) is 0.723. The molecule has 0 radical (unpaired) electrons. The largest absolute Gasteiger partial charge is 0.495 e. The Hall–Kier alpha value is -2.28. The van der Waals surface area contributed by atoms with Gasteiger partial charge >= 0.3 is 0 Å². The average Bonchev–Trinajstić information content (AvgIpc) is 2.57. The molecule has 0 aliphatic rings. The van der Waals surface area contributed by atoms with Crippen molar-refractivity contribution in [3.63, 3.8) is 0 Å². The van der Waals surface area contributed by atoms with E-state index in [1.54, 1.807) is 30.3 Å². The Morgan fingerprint density at radius 1 is 1.07 bits per heavy atom. The number of carbonyl (C=O) groups is 2. The fourth-order valence-corrected chi connectivity index (χ4v) is 2.85. The highest BCUT2D eigenvalue weighted by molar-refractivity contribution is 6.42. The van der Waals surface area contributed by atoms with E-state index < -0.39 is 0 Å². The molecule has 27 heavy (non-hydrogen) atoms. The molecule has 0 fully saturated rings. The molecular formula is C19H21Cl2N3O3. The second-order valence-corrected chi connectivity index (χ2v) is 6.88. The number of anilines is 2. The van der Waals surface area contributed by atoms with Crippen molar-refractivity contribution in [2.24, 2.45) is 0 Å². The molecule has 0 aliphatic heterocycles. The van der Waals surface area contributed by atoms with Crippen LogP contribution in [-0.4, -0.2) is 37.4 Å². The van der Waals surface area contributed by atoms with Crippen LogP contribution in [0.3, 0.4) is 0 Å². The summed E-state index contributed by atoms with van der Waals surface area (Å²) < 4.78 is 5.26. The first-order valence-electron chi connectivity index (χ1n) is 8.16. The zero-order valence-corrected chi connectivity index (χ0v) is 16.8. The van der Waals surface area contributed by atoms with Gasteiger partial charge in [-0.3, -0.25) is 14.5 Å². The zero-order chi connectivity index (χ0) is 20.0. The molecule has 0 saturated heterocycles. The van der Waals surface area contributed by atoms with Gasteiger partial charge in [0.15, 0.2) is 0 Å². The Bertz CT molecular complexity index is 843. The molecule has 0 bridgehead atoms. The van der Waals surface area contributed by atoms with Crippen molar-refractivity contribution >= 4 is 46.4 Å². The summed E-state index contributed by atoms with van der Waals surface area (Å²) in [5.74, 6) is 0.0965. The number of ether oxygens (including phenoxy) is 1. The number of rotatable bonds is 7. The molecule has 0 aromatic heterocycles. The van der Waals surface area contributed by atoms with Gasteiger partial charge in [-0.25, -0.2) is 0 Å². The number of benzene rings is 2. The Morgan fingerprint density at radius 2 is 1.81 bits per heavy atom. The summed E-state index contributed by atoms with van der Waals surface area (Å²) in [5, 5.41) is 6.45. The van der Waals surface area contributed by atoms with Gasteiger partial charge in [-0.15, -0.1) is 0 Å². The van der Waals surface area contributed by atoms with Crippen molar-refractivity contribution in [3.8, 4) is 5.75 Å². The molecule has 0 saturated carbocycles. The summed E-state index contributed by atoms with van der Waals surface area (Å²) >= 11 is 11.9. The normalized spacial score (nSPS) is 10.6. The molecule has 2 aromatic carbocycles. The van der Waals surface area contributed by atoms with Gasteiger partial charge in [0, 0.05) is 19.2 Å². The number of carbonyl (C=O) groups excluding carboxylic acids is 2. The van der Waals surface area contributed by atoms with Crippen molar-refractivity contribution in [2.75, 3.05) is 31.3 Å². The maximum Gasteiger partial charge on any atom is 0.238 e. The first-order chi connectivity index (χ1) is 12.8. The maximum absolute atomic E-state index is 12.4. The van der Waals surface area contributed by atoms with Crippen LogP contribution >= 0.6 is 23.2 Å². The lowest BCUT2D eigenvalue weighted by molar-refractivity contribution is -0.117. The van der Waals surface area contributed by atoms with Crippen LogP contribution in [0, 0.1) is 0 Å². The van der Waals surface area contributed by atoms with Gasteiger partial charge in [0.1, 0.15) is 5.75 Å². The van der Waals surface area contributed by atoms with E-state index in [-0.39, 0.29) is 18.4 Å². The van der Waals surface area contributed by atoms with Crippen LogP contribution in [0.1, 0.15) is 12.5 Å². The molecule has 2 rings (SSSR count). The standard InChI is InChI=1S/C19H21Cl2N3O3/c1-12(25)22-14-5-7-18(27-3)17(9-14)23-19(26)11-24(2)10-13-4-6-15(20)16(21)8-13/h4-9H,10-11H2,1-3H3,(H,22,25)(H,23,26). The molecular weight excluding hydrogens is 389 g/mol. The number of halogens is 2. The number of nitrogens with zero attached hydrogens (tertiary/aromatic N) is 1. The monoisotopic (exact) mass is 409 g/mol. The minimum Gasteiger partial charge on any atom is -0.495 e. The molecule has 144 valence electrons. The van der Waals surface area contributed by atoms with Crippen molar-refractivity contribution in [3.05, 3.63) is 52.0 Å². The summed E-state index contributed by atoms with van der Waals surface area (Å²) in [6.45, 7) is 2.11. The minimum absolute atomic E-state index is 0.160. The third-order valence-corrected chi connectivity index (χ3v) is 4.38. The third-order valence-electron chi connectivity index (χ3n) is 3.64. The fraction of sp³-hybridized carbons (Fsp3) is 0.263. The Labute approximate surface area is 168 Å². The van der Waals surface area contributed by atoms with Crippen LogP contribution in [0.25, 0.3) is 0 Å². The second-order valence-electron chi connectivity index (χ2n) is 6.07. The molecule has 0 aliphatic carbocycles. The van der Waals surface area contributed by atoms with Gasteiger partial charge in [0.25, 0.3) is 0 Å². The predicted molar refractivity (Wildman–Crippen MR) is 109 cm³/mol. The van der Waals surface area contributed by atoms with E-state index in [0.717, 1.165) is 5.56 Å². The molecule has 2 N–H and O–H groups in total. The van der Waals surface area contributed by atoms with Gasteiger partial charge in [0.05, 0.1) is 29.4 Å². The maximum atomic E-state index is 12.4. The van der Waals surface area contributed by atoms with Gasteiger partial charge in [-0.1, -0.05) is 29.3 Å². The predicted octanol–water partition coefficient (Wildman–Crippen LogP) is 4.03. The summed E-state index contributed by atoms with van der Waals surface area (Å²) in [6, 6.07) is 10.4. The van der Waals surface area contributed by atoms with E-state index in [4.69, 9.17) is 27.9 Å². The lowest BCUT2D eigenvalue weighted by Gasteiger charge is -2.18. The van der Waals surface area contributed by atoms with E-state index >= 15 is 0 Å². The zero-order valence-electron chi connectivity index (χ0n) is 15.3. The minimum atomic E-state index is -0.212. The molecule has 2 amide bonds. The summed E-state index contributed by atoms with van der Waals surface area (Å²) in [6.07, 6.45) is 0. The first kappa shape index (κ1) is 21.0. The van der Waals surface area contributed by atoms with Crippen molar-refractivity contribution in [1.82, 2.24) is 4.90 Å². The van der Waals surface area contributed by atoms with Crippen LogP contribution in [-0.2, 0) is 16.1 Å². The highest BCUT2D eigenvalue weighted by Crippen LogP contribution is 2.28. The Morgan fingerprint density at radius 3 is 2.44 bits per heavy atom. The van der Waals surface area contributed by atoms with E-state index in [1.165, 1.54) is 14.0 Å². The number of amides is 2. The SMILES string of the molecule is COc1ccc(NC(C)=O)cc1NC(=O)CN(C)Cc1ccc(Cl)c(Cl)c1. The van der Waals surface area contributed by atoms with Gasteiger partial charge in [0.2, 0.25) is 11.8 Å². The molecule has 2 aromatic rings. The van der Waals surface area contributed by atoms with Crippen LogP contribution in [0.4, 0.5) is 11.4 Å². The lowest BCUT2D eigenvalue weighted by Crippen LogP contribution is -2.30. The average molecular weight is 410 g/mol. The molecule has 0 unspecified atom stereocenters. The number of methoxy groups -OCH3 is 1. The van der Waals surface area contributed by atoms with Gasteiger partial charge in [-0.2, -0.15) is 0 Å². The summed E-state index contributed by atoms with van der Waals surface area (Å²) in [5.41, 5.74) is 2.00. The highest BCUT2D eigenvalue weighted by atomic mass is 35.5. The number of hydrogen-bond acceptors (Lipinski definition) is 4. The number of hydrogen-bond donors (Lipinski definition) is 2. The van der Waals surface area contributed by atoms with E-state index in [1.807, 2.05) is 18.0 Å². The second kappa shape index (κ2) is 9.60. The van der Waals surface area contributed by atoms with Crippen molar-refractivity contribution in [1.29, 1.82) is 0 Å². The van der Waals surface area contributed by atoms with E-state index in [0.29, 0.717) is 33.7 Å². The molecule has 0 atom stereocenters. The topological polar surface area (TPSA) is 70.7 Å². The Kier molecular flexibility index (Phi) is 7.47. The summed E-state index contributed by atoms with van der Waals surface area (Å²) in [4.78, 5) is 25.5. The number of nitrogens with one attached hydrogen (secondary N) is 2.